The summed E-state index contributed by atoms with van der Waals surface area (Å²) in [6, 6.07) is 5.97. The molecular formula is C13H16N2O2. The van der Waals surface area contributed by atoms with Crippen molar-refractivity contribution in [1.29, 1.82) is 0 Å². The fraction of sp³-hybridized carbons (Fsp3) is 0.308. The number of hydrogen-bond acceptors (Lipinski definition) is 3. The van der Waals surface area contributed by atoms with Crippen molar-refractivity contribution in [3.05, 3.63) is 35.8 Å². The van der Waals surface area contributed by atoms with Gasteiger partial charge in [0.25, 0.3) is 0 Å². The molecule has 1 heterocycles. The summed E-state index contributed by atoms with van der Waals surface area (Å²) < 4.78 is 5.49. The molecule has 0 saturated heterocycles. The van der Waals surface area contributed by atoms with Gasteiger partial charge in [0.2, 0.25) is 0 Å². The fourth-order valence-electron chi connectivity index (χ4n) is 1.72. The van der Waals surface area contributed by atoms with Crippen LogP contribution in [0.1, 0.15) is 18.3 Å². The van der Waals surface area contributed by atoms with Gasteiger partial charge in [-0.2, -0.15) is 0 Å². The summed E-state index contributed by atoms with van der Waals surface area (Å²) in [5.41, 5.74) is 3.03. The Morgan fingerprint density at radius 3 is 2.82 bits per heavy atom. The minimum atomic E-state index is -0.0734. The van der Waals surface area contributed by atoms with E-state index in [1.54, 1.807) is 6.20 Å². The number of rotatable bonds is 4. The van der Waals surface area contributed by atoms with Crippen molar-refractivity contribution in [2.75, 3.05) is 6.61 Å². The lowest BCUT2D eigenvalue weighted by Gasteiger charge is -2.08. The van der Waals surface area contributed by atoms with Crippen LogP contribution in [0.15, 0.2) is 24.4 Å². The van der Waals surface area contributed by atoms with E-state index in [0.717, 1.165) is 22.6 Å². The first-order valence-electron chi connectivity index (χ1n) is 5.63. The number of hydrogen-bond donors (Lipinski definition) is 2. The molecule has 2 N–H and O–H groups in total. The molecule has 0 saturated carbocycles. The molecule has 1 aromatic carbocycles. The molecule has 1 aromatic heterocycles. The lowest BCUT2D eigenvalue weighted by molar-refractivity contribution is 0.272. The summed E-state index contributed by atoms with van der Waals surface area (Å²) in [6.07, 6.45) is 1.72. The van der Waals surface area contributed by atoms with E-state index < -0.39 is 0 Å². The number of nitrogens with one attached hydrogen (secondary N) is 1. The molecule has 17 heavy (non-hydrogen) atoms. The van der Waals surface area contributed by atoms with Gasteiger partial charge in [-0.05, 0) is 37.6 Å². The van der Waals surface area contributed by atoms with Crippen LogP contribution in [0.5, 0.6) is 5.75 Å². The number of aromatic amines is 1. The zero-order chi connectivity index (χ0) is 12.3. The highest BCUT2D eigenvalue weighted by Gasteiger charge is 2.05. The third-order valence-electron chi connectivity index (χ3n) is 2.56. The molecule has 2 rings (SSSR count). The van der Waals surface area contributed by atoms with E-state index in [0.29, 0.717) is 12.4 Å². The van der Waals surface area contributed by atoms with E-state index in [9.17, 15) is 0 Å². The van der Waals surface area contributed by atoms with Gasteiger partial charge in [-0.3, -0.25) is 0 Å². The van der Waals surface area contributed by atoms with Gasteiger partial charge >= 0.3 is 0 Å². The average molecular weight is 232 g/mol. The van der Waals surface area contributed by atoms with Crippen molar-refractivity contribution in [1.82, 2.24) is 9.97 Å². The van der Waals surface area contributed by atoms with Crippen molar-refractivity contribution in [2.45, 2.75) is 20.5 Å². The van der Waals surface area contributed by atoms with Gasteiger partial charge in [0, 0.05) is 5.56 Å². The van der Waals surface area contributed by atoms with Crippen molar-refractivity contribution >= 4 is 0 Å². The number of H-pyrrole nitrogens is 1. The summed E-state index contributed by atoms with van der Waals surface area (Å²) in [5.74, 6) is 1.48. The first-order valence-corrected chi connectivity index (χ1v) is 5.63. The maximum absolute atomic E-state index is 8.95. The minimum absolute atomic E-state index is 0.0734. The molecule has 90 valence electrons. The van der Waals surface area contributed by atoms with Crippen LogP contribution < -0.4 is 4.74 Å². The van der Waals surface area contributed by atoms with Gasteiger partial charge in [-0.15, -0.1) is 0 Å². The predicted molar refractivity (Wildman–Crippen MR) is 65.9 cm³/mol. The zero-order valence-corrected chi connectivity index (χ0v) is 10.0. The van der Waals surface area contributed by atoms with Gasteiger partial charge in [0.05, 0.1) is 18.5 Å². The number of ether oxygens (including phenoxy) is 1. The van der Waals surface area contributed by atoms with Crippen LogP contribution in [0.4, 0.5) is 0 Å². The van der Waals surface area contributed by atoms with Crippen LogP contribution in [-0.2, 0) is 6.61 Å². The fourth-order valence-corrected chi connectivity index (χ4v) is 1.72. The Labute approximate surface area is 100 Å². The topological polar surface area (TPSA) is 58.1 Å². The molecule has 0 spiro atoms. The molecule has 0 unspecified atom stereocenters. The summed E-state index contributed by atoms with van der Waals surface area (Å²) >= 11 is 0. The monoisotopic (exact) mass is 232 g/mol. The molecule has 4 heteroatoms. The molecule has 0 atom stereocenters. The number of aromatic nitrogens is 2. The van der Waals surface area contributed by atoms with E-state index in [2.05, 4.69) is 9.97 Å². The normalized spacial score (nSPS) is 10.5. The maximum Gasteiger partial charge on any atom is 0.132 e. The van der Waals surface area contributed by atoms with Gasteiger partial charge < -0.3 is 14.8 Å². The quantitative estimate of drug-likeness (QED) is 0.850. The zero-order valence-electron chi connectivity index (χ0n) is 10.0. The summed E-state index contributed by atoms with van der Waals surface area (Å²) in [4.78, 5) is 7.12. The third-order valence-corrected chi connectivity index (χ3v) is 2.56. The first kappa shape index (κ1) is 11.7. The minimum Gasteiger partial charge on any atom is -0.494 e. The van der Waals surface area contributed by atoms with Gasteiger partial charge in [-0.25, -0.2) is 4.98 Å². The number of aryl methyl sites for hydroxylation is 1. The second-order valence-electron chi connectivity index (χ2n) is 3.81. The first-order chi connectivity index (χ1) is 8.24. The molecular weight excluding hydrogens is 216 g/mol. The average Bonchev–Trinajstić information content (AvgIpc) is 2.80. The second-order valence-corrected chi connectivity index (χ2v) is 3.81. The van der Waals surface area contributed by atoms with Crippen LogP contribution in [0.2, 0.25) is 0 Å². The predicted octanol–water partition coefficient (Wildman–Crippen LogP) is 2.28. The van der Waals surface area contributed by atoms with E-state index in [1.807, 2.05) is 32.0 Å². The molecule has 4 nitrogen and oxygen atoms in total. The summed E-state index contributed by atoms with van der Waals surface area (Å²) in [6.45, 7) is 4.57. The van der Waals surface area contributed by atoms with Crippen LogP contribution in [0.25, 0.3) is 11.3 Å². The molecule has 0 amide bonds. The molecule has 0 aliphatic carbocycles. The molecule has 0 radical (unpaired) electrons. The number of imidazole rings is 1. The van der Waals surface area contributed by atoms with Crippen LogP contribution in [0, 0.1) is 6.92 Å². The molecule has 0 fully saturated rings. The Kier molecular flexibility index (Phi) is 3.44. The maximum atomic E-state index is 8.95. The molecule has 0 aliphatic rings. The Balaban J connectivity index is 2.30. The lowest BCUT2D eigenvalue weighted by Crippen LogP contribution is -1.94. The van der Waals surface area contributed by atoms with E-state index in [-0.39, 0.29) is 6.61 Å². The van der Waals surface area contributed by atoms with E-state index >= 15 is 0 Å². The molecule has 0 bridgehead atoms. The highest BCUT2D eigenvalue weighted by atomic mass is 16.5. The number of benzene rings is 1. The van der Waals surface area contributed by atoms with Gasteiger partial charge in [0.15, 0.2) is 0 Å². The Morgan fingerprint density at radius 2 is 2.24 bits per heavy atom. The summed E-state index contributed by atoms with van der Waals surface area (Å²) in [5, 5.41) is 8.95. The second kappa shape index (κ2) is 5.01. The van der Waals surface area contributed by atoms with E-state index in [4.69, 9.17) is 9.84 Å². The SMILES string of the molecule is CCOc1ccc(-c2cnc(CO)[nH]2)cc1C. The smallest absolute Gasteiger partial charge is 0.132 e. The third kappa shape index (κ3) is 2.47. The van der Waals surface area contributed by atoms with Crippen LogP contribution in [0.3, 0.4) is 0 Å². The largest absolute Gasteiger partial charge is 0.494 e. The Bertz CT molecular complexity index is 506. The lowest BCUT2D eigenvalue weighted by atomic mass is 10.1. The van der Waals surface area contributed by atoms with Gasteiger partial charge in [-0.1, -0.05) is 0 Å². The number of aliphatic hydroxyl groups is 1. The Hall–Kier alpha value is -1.81. The highest BCUT2D eigenvalue weighted by molar-refractivity contribution is 5.61. The van der Waals surface area contributed by atoms with Crippen molar-refractivity contribution in [2.24, 2.45) is 0 Å². The standard InChI is InChI=1S/C13H16N2O2/c1-3-17-12-5-4-10(6-9(12)2)11-7-14-13(8-16)15-11/h4-7,16H,3,8H2,1-2H3,(H,14,15). The highest BCUT2D eigenvalue weighted by Crippen LogP contribution is 2.25. The molecule has 0 aliphatic heterocycles. The van der Waals surface area contributed by atoms with Gasteiger partial charge in [0.1, 0.15) is 18.2 Å². The van der Waals surface area contributed by atoms with Crippen LogP contribution >= 0.6 is 0 Å². The number of nitrogens with zero attached hydrogens (tertiary/aromatic N) is 1. The number of aliphatic hydroxyl groups excluding tert-OH is 1. The van der Waals surface area contributed by atoms with Crippen LogP contribution in [-0.4, -0.2) is 21.7 Å². The Morgan fingerprint density at radius 1 is 1.41 bits per heavy atom. The molecule has 2 aromatic rings. The van der Waals surface area contributed by atoms with Crippen molar-refractivity contribution in [3.63, 3.8) is 0 Å². The van der Waals surface area contributed by atoms with Crippen molar-refractivity contribution in [3.8, 4) is 17.0 Å². The summed E-state index contributed by atoms with van der Waals surface area (Å²) in [7, 11) is 0. The van der Waals surface area contributed by atoms with Crippen molar-refractivity contribution < 1.29 is 9.84 Å². The van der Waals surface area contributed by atoms with E-state index in [1.165, 1.54) is 0 Å².